The van der Waals surface area contributed by atoms with Crippen LogP contribution in [0.15, 0.2) is 35.9 Å². The SMILES string of the molecule is CCCCCCCCC1=C(c2cc(CCC)c(CCCC)c(CCC)c2)[N+](=[N-])C(c2cc(CCC)c(CCCC)c(CCC)c2)=C1.C[CH2][Pd][CH2]C. The monoisotopic (exact) mass is 789 g/mol. The van der Waals surface area contributed by atoms with Crippen molar-refractivity contribution in [3.63, 3.8) is 0 Å². The van der Waals surface area contributed by atoms with Gasteiger partial charge in [-0.3, -0.25) is 0 Å². The third-order valence-electron chi connectivity index (χ3n) is 10.2. The summed E-state index contributed by atoms with van der Waals surface area (Å²) in [5.41, 5.74) is 27.1. The first kappa shape index (κ1) is 45.3. The number of nitrogens with zero attached hydrogens (tertiary/aromatic N) is 2. The Morgan fingerprint density at radius 1 is 0.451 bits per heavy atom. The van der Waals surface area contributed by atoms with E-state index in [1.165, 1.54) is 126 Å². The predicted molar refractivity (Wildman–Crippen MR) is 224 cm³/mol. The maximum atomic E-state index is 12.2. The van der Waals surface area contributed by atoms with Crippen LogP contribution in [0.1, 0.15) is 203 Å². The molecule has 0 fully saturated rings. The Morgan fingerprint density at radius 3 is 1.25 bits per heavy atom. The van der Waals surface area contributed by atoms with Gasteiger partial charge in [-0.2, -0.15) is 0 Å². The number of hydrogen-bond donors (Lipinski definition) is 0. The Hall–Kier alpha value is -1.82. The van der Waals surface area contributed by atoms with Crippen LogP contribution < -0.4 is 0 Å². The van der Waals surface area contributed by atoms with Crippen LogP contribution in [-0.2, 0) is 56.5 Å². The first-order valence-electron chi connectivity index (χ1n) is 21.6. The summed E-state index contributed by atoms with van der Waals surface area (Å²) in [5.74, 6) is 0. The summed E-state index contributed by atoms with van der Waals surface area (Å²) in [4.78, 5) is 2.79. The zero-order valence-electron chi connectivity index (χ0n) is 34.9. The second-order valence-electron chi connectivity index (χ2n) is 14.6. The standard InChI is InChI=1S/C44H68N2.2C2H5.Pd/c1-8-15-18-19-20-21-26-38-33-43(39-29-34(22-11-4)41(27-16-9-2)35(30-39)23-12-5)46(45)44(38)40-31-36(24-13-6)42(28-17-10-3)37(32-40)25-14-7;2*1-2;/h29-33H,8-28H2,1-7H3;2*1H2,2H3;. The molecule has 0 amide bonds. The van der Waals surface area contributed by atoms with E-state index < -0.39 is 0 Å². The number of hydrogen-bond acceptors (Lipinski definition) is 0. The van der Waals surface area contributed by atoms with Gasteiger partial charge in [0.2, 0.25) is 11.4 Å². The molecule has 3 rings (SSSR count). The van der Waals surface area contributed by atoms with E-state index in [0.717, 1.165) is 87.2 Å². The number of aryl methyl sites for hydroxylation is 4. The molecule has 290 valence electrons. The molecular formula is C48H78N2Pd. The van der Waals surface area contributed by atoms with Crippen LogP contribution in [0.3, 0.4) is 0 Å². The third-order valence-corrected chi connectivity index (χ3v) is 11.8. The molecule has 2 aromatic rings. The first-order valence-corrected chi connectivity index (χ1v) is 23.8. The van der Waals surface area contributed by atoms with Gasteiger partial charge in [0.15, 0.2) is 0 Å². The van der Waals surface area contributed by atoms with E-state index in [2.05, 4.69) is 92.7 Å². The van der Waals surface area contributed by atoms with Gasteiger partial charge in [-0.1, -0.05) is 119 Å². The quantitative estimate of drug-likeness (QED) is 0.0544. The Morgan fingerprint density at radius 2 is 0.863 bits per heavy atom. The van der Waals surface area contributed by atoms with E-state index in [1.807, 2.05) is 0 Å². The average Bonchev–Trinajstić information content (AvgIpc) is 3.45. The number of rotatable bonds is 25. The topological polar surface area (TPSA) is 25.3 Å². The molecule has 0 unspecified atom stereocenters. The molecule has 51 heavy (non-hydrogen) atoms. The molecule has 0 saturated carbocycles. The Bertz CT molecular complexity index is 1310. The predicted octanol–water partition coefficient (Wildman–Crippen LogP) is 15.7. The molecule has 1 aliphatic rings. The zero-order chi connectivity index (χ0) is 37.4. The van der Waals surface area contributed by atoms with Crippen molar-refractivity contribution in [1.29, 1.82) is 0 Å². The van der Waals surface area contributed by atoms with Crippen molar-refractivity contribution >= 4 is 11.4 Å². The molecule has 2 nitrogen and oxygen atoms in total. The summed E-state index contributed by atoms with van der Waals surface area (Å²) in [7, 11) is 0. The molecule has 3 heteroatoms. The van der Waals surface area contributed by atoms with Crippen molar-refractivity contribution < 1.29 is 22.7 Å². The Kier molecular flexibility index (Phi) is 23.9. The van der Waals surface area contributed by atoms with E-state index in [4.69, 9.17) is 0 Å². The average molecular weight is 790 g/mol. The van der Waals surface area contributed by atoms with Crippen molar-refractivity contribution in [3.05, 3.63) is 86.0 Å². The summed E-state index contributed by atoms with van der Waals surface area (Å²) in [6.45, 7) is 20.6. The van der Waals surface area contributed by atoms with E-state index in [-0.39, 0.29) is 0 Å². The fraction of sp³-hybridized carbons (Fsp3) is 0.667. The number of unbranched alkanes of at least 4 members (excludes halogenated alkanes) is 7. The van der Waals surface area contributed by atoms with Crippen LogP contribution in [0.4, 0.5) is 0 Å². The fourth-order valence-electron chi connectivity index (χ4n) is 7.71. The fourth-order valence-corrected chi connectivity index (χ4v) is 8.48. The second-order valence-corrected chi connectivity index (χ2v) is 17.6. The minimum atomic E-state index is 0.969. The van der Waals surface area contributed by atoms with Crippen molar-refractivity contribution in [2.45, 2.75) is 207 Å². The molecule has 0 aromatic heterocycles. The number of allylic oxidation sites excluding steroid dienone is 2. The van der Waals surface area contributed by atoms with Gasteiger partial charge in [-0.15, -0.1) is 0 Å². The molecule has 1 aliphatic heterocycles. The molecule has 0 atom stereocenters. The Labute approximate surface area is 325 Å². The summed E-state index contributed by atoms with van der Waals surface area (Å²) < 4.78 is 1.59. The molecule has 0 radical (unpaired) electrons. The number of benzene rings is 2. The van der Waals surface area contributed by atoms with Crippen molar-refractivity contribution in [2.75, 3.05) is 0 Å². The van der Waals surface area contributed by atoms with E-state index in [9.17, 15) is 5.53 Å². The van der Waals surface area contributed by atoms with Crippen LogP contribution in [-0.4, -0.2) is 4.70 Å². The third kappa shape index (κ3) is 14.5. The van der Waals surface area contributed by atoms with Gasteiger partial charge in [0.25, 0.3) is 0 Å². The summed E-state index contributed by atoms with van der Waals surface area (Å²) in [6, 6.07) is 9.74. The maximum absolute atomic E-state index is 12.2. The van der Waals surface area contributed by atoms with E-state index in [1.54, 1.807) is 15.8 Å². The van der Waals surface area contributed by atoms with Crippen molar-refractivity contribution in [1.82, 2.24) is 0 Å². The van der Waals surface area contributed by atoms with Crippen molar-refractivity contribution in [2.24, 2.45) is 0 Å². The van der Waals surface area contributed by atoms with E-state index in [0.29, 0.717) is 0 Å². The van der Waals surface area contributed by atoms with Gasteiger partial charge in [0.1, 0.15) is 0 Å². The van der Waals surface area contributed by atoms with Gasteiger partial charge < -0.3 is 5.53 Å². The summed E-state index contributed by atoms with van der Waals surface area (Å²) in [6.07, 6.45) is 27.3. The van der Waals surface area contributed by atoms with Gasteiger partial charge in [0, 0.05) is 22.8 Å². The second kappa shape index (κ2) is 26.9. The minimum absolute atomic E-state index is 0.969. The van der Waals surface area contributed by atoms with Gasteiger partial charge in [-0.05, 0) is 122 Å². The summed E-state index contributed by atoms with van der Waals surface area (Å²) in [5, 5.41) is 0. The molecular weight excluding hydrogens is 711 g/mol. The summed E-state index contributed by atoms with van der Waals surface area (Å²) >= 11 is 1.04. The zero-order valence-corrected chi connectivity index (χ0v) is 36.4. The molecule has 0 aliphatic carbocycles. The van der Waals surface area contributed by atoms with Crippen LogP contribution in [0.2, 0.25) is 9.79 Å². The van der Waals surface area contributed by atoms with Crippen LogP contribution >= 0.6 is 0 Å². The van der Waals surface area contributed by atoms with Gasteiger partial charge in [-0.25, -0.2) is 4.70 Å². The first-order chi connectivity index (χ1) is 24.9. The molecule has 0 spiro atoms. The molecule has 0 saturated heterocycles. The molecule has 2 aromatic carbocycles. The normalized spacial score (nSPS) is 12.9. The molecule has 0 bridgehead atoms. The van der Waals surface area contributed by atoms with Crippen molar-refractivity contribution in [3.8, 4) is 0 Å². The van der Waals surface area contributed by atoms with Crippen LogP contribution in [0.5, 0.6) is 0 Å². The van der Waals surface area contributed by atoms with Gasteiger partial charge in [0.05, 0.1) is 0 Å². The van der Waals surface area contributed by atoms with Gasteiger partial charge >= 0.3 is 41.6 Å². The molecule has 1 heterocycles. The Balaban J connectivity index is 0.00000168. The van der Waals surface area contributed by atoms with E-state index >= 15 is 0 Å². The molecule has 0 N–H and O–H groups in total. The van der Waals surface area contributed by atoms with Crippen LogP contribution in [0, 0.1) is 0 Å². The van der Waals surface area contributed by atoms with Crippen LogP contribution in [0.25, 0.3) is 16.9 Å².